The molecule has 1 aliphatic heterocycles. The van der Waals surface area contributed by atoms with Crippen LogP contribution in [0.25, 0.3) is 0 Å². The predicted octanol–water partition coefficient (Wildman–Crippen LogP) is 2.33. The van der Waals surface area contributed by atoms with Crippen LogP contribution in [0.1, 0.15) is 21.6 Å². The number of rotatable bonds is 7. The summed E-state index contributed by atoms with van der Waals surface area (Å²) in [6, 6.07) is 10.6. The number of benzene rings is 1. The molecule has 1 aromatic heterocycles. The van der Waals surface area contributed by atoms with E-state index in [1.807, 2.05) is 48.5 Å². The molecule has 10 heteroatoms. The number of pyridine rings is 1. The van der Waals surface area contributed by atoms with Gasteiger partial charge in [-0.2, -0.15) is 8.78 Å². The number of nitrogens with zero attached hydrogens (tertiary/aromatic N) is 4. The van der Waals surface area contributed by atoms with Gasteiger partial charge in [-0.05, 0) is 43.8 Å². The van der Waals surface area contributed by atoms with Crippen molar-refractivity contribution in [3.05, 3.63) is 59.4 Å². The Morgan fingerprint density at radius 2 is 1.85 bits per heavy atom. The Bertz CT molecular complexity index is 992. The first-order valence-electron chi connectivity index (χ1n) is 10.6. The van der Waals surface area contributed by atoms with Crippen LogP contribution in [0.4, 0.5) is 19.3 Å². The molecule has 1 aromatic carbocycles. The van der Waals surface area contributed by atoms with Crippen molar-refractivity contribution in [1.29, 1.82) is 0 Å². The summed E-state index contributed by atoms with van der Waals surface area (Å²) in [4.78, 5) is 46.4. The highest BCUT2D eigenvalue weighted by atomic mass is 19.3. The lowest BCUT2D eigenvalue weighted by Crippen LogP contribution is -2.52. The average molecular weight is 459 g/mol. The number of aromatic nitrogens is 1. The Morgan fingerprint density at radius 1 is 1.12 bits per heavy atom. The average Bonchev–Trinajstić information content (AvgIpc) is 2.81. The third-order valence-corrected chi connectivity index (χ3v) is 5.41. The topological polar surface area (TPSA) is 85.8 Å². The summed E-state index contributed by atoms with van der Waals surface area (Å²) in [6.07, 6.45) is -1.86. The largest absolute Gasteiger partial charge is 0.344 e. The van der Waals surface area contributed by atoms with Crippen LogP contribution < -0.4 is 10.2 Å². The molecular formula is C23H27F2N5O3. The molecule has 1 fully saturated rings. The van der Waals surface area contributed by atoms with Crippen LogP contribution in [0.5, 0.6) is 0 Å². The molecule has 0 radical (unpaired) electrons. The molecule has 1 saturated heterocycles. The zero-order chi connectivity index (χ0) is 24.0. The van der Waals surface area contributed by atoms with Crippen LogP contribution in [0.2, 0.25) is 0 Å². The number of carbonyl (C=O) groups is 3. The van der Waals surface area contributed by atoms with Gasteiger partial charge in [-0.25, -0.2) is 4.79 Å². The van der Waals surface area contributed by atoms with Crippen LogP contribution in [0.15, 0.2) is 42.6 Å². The van der Waals surface area contributed by atoms with Gasteiger partial charge in [0.2, 0.25) is 0 Å². The van der Waals surface area contributed by atoms with E-state index >= 15 is 0 Å². The van der Waals surface area contributed by atoms with Crippen LogP contribution in [-0.2, 0) is 11.3 Å². The van der Waals surface area contributed by atoms with E-state index in [1.54, 1.807) is 11.0 Å². The second kappa shape index (κ2) is 11.0. The number of halogens is 2. The first-order chi connectivity index (χ1) is 15.7. The zero-order valence-corrected chi connectivity index (χ0v) is 18.6. The molecule has 2 aromatic rings. The molecule has 3 rings (SSSR count). The lowest BCUT2D eigenvalue weighted by atomic mass is 10.1. The second-order valence-electron chi connectivity index (χ2n) is 7.98. The number of hydrogen-bond donors (Lipinski definition) is 1. The Hall–Kier alpha value is -3.40. The quantitative estimate of drug-likeness (QED) is 0.643. The highest BCUT2D eigenvalue weighted by Crippen LogP contribution is 2.21. The Balaban J connectivity index is 1.73. The highest BCUT2D eigenvalue weighted by Gasteiger charge is 2.26. The highest BCUT2D eigenvalue weighted by molar-refractivity contribution is 5.99. The number of carbonyl (C=O) groups excluding carboxylic acids is 3. The van der Waals surface area contributed by atoms with Gasteiger partial charge in [-0.3, -0.25) is 19.5 Å². The lowest BCUT2D eigenvalue weighted by Gasteiger charge is -2.36. The first-order valence-corrected chi connectivity index (χ1v) is 10.6. The summed E-state index contributed by atoms with van der Waals surface area (Å²) in [5.41, 5.74) is 2.51. The van der Waals surface area contributed by atoms with Gasteiger partial charge in [-0.1, -0.05) is 12.1 Å². The van der Waals surface area contributed by atoms with Crippen molar-refractivity contribution in [1.82, 2.24) is 20.1 Å². The molecule has 2 heterocycles. The van der Waals surface area contributed by atoms with E-state index in [9.17, 15) is 23.2 Å². The van der Waals surface area contributed by atoms with Gasteiger partial charge in [0.05, 0.1) is 18.8 Å². The van der Waals surface area contributed by atoms with Crippen LogP contribution in [0.3, 0.4) is 0 Å². The summed E-state index contributed by atoms with van der Waals surface area (Å²) in [5.74, 6) is -2.03. The number of piperazine rings is 1. The predicted molar refractivity (Wildman–Crippen MR) is 119 cm³/mol. The summed E-state index contributed by atoms with van der Waals surface area (Å²) in [5, 5.41) is 1.88. The number of hydrogen-bond acceptors (Lipinski definition) is 5. The lowest BCUT2D eigenvalue weighted by molar-refractivity contribution is -0.131. The number of nitrogens with one attached hydrogen (secondary N) is 1. The molecule has 33 heavy (non-hydrogen) atoms. The van der Waals surface area contributed by atoms with Gasteiger partial charge < -0.3 is 15.1 Å². The third kappa shape index (κ3) is 6.55. The molecule has 176 valence electrons. The minimum absolute atomic E-state index is 0.120. The van der Waals surface area contributed by atoms with E-state index in [-0.39, 0.29) is 18.1 Å². The minimum Gasteiger partial charge on any atom is -0.344 e. The molecular weight excluding hydrogens is 432 g/mol. The van der Waals surface area contributed by atoms with Crippen LogP contribution in [-0.4, -0.2) is 78.7 Å². The SMILES string of the molecule is Cc1cccc(N(Cc2ccc(C(=O)CNC(=O)C(F)F)cn2)C(=O)N2CCN(C)CC2)c1. The maximum Gasteiger partial charge on any atom is 0.324 e. The molecule has 0 atom stereocenters. The van der Waals surface area contributed by atoms with Crippen LogP contribution in [0, 0.1) is 6.92 Å². The van der Waals surface area contributed by atoms with Crippen molar-refractivity contribution in [2.75, 3.05) is 44.7 Å². The fourth-order valence-electron chi connectivity index (χ4n) is 3.43. The van der Waals surface area contributed by atoms with Crippen molar-refractivity contribution in [3.8, 4) is 0 Å². The minimum atomic E-state index is -3.18. The van der Waals surface area contributed by atoms with Crippen molar-refractivity contribution < 1.29 is 23.2 Å². The number of likely N-dealkylation sites (N-methyl/N-ethyl adjacent to an activating group) is 1. The molecule has 8 nitrogen and oxygen atoms in total. The van der Waals surface area contributed by atoms with Crippen LogP contribution >= 0.6 is 0 Å². The van der Waals surface area contributed by atoms with E-state index in [0.29, 0.717) is 18.8 Å². The summed E-state index contributed by atoms with van der Waals surface area (Å²) in [7, 11) is 2.02. The van der Waals surface area contributed by atoms with E-state index in [0.717, 1.165) is 24.3 Å². The number of urea groups is 1. The normalized spacial score (nSPS) is 14.3. The van der Waals surface area contributed by atoms with Gasteiger partial charge in [0.25, 0.3) is 5.91 Å². The molecule has 3 amide bonds. The number of Topliss-reactive ketones (excluding diaryl/α,β-unsaturated/α-hetero) is 1. The smallest absolute Gasteiger partial charge is 0.324 e. The first kappa shape index (κ1) is 24.2. The van der Waals surface area contributed by atoms with E-state index in [2.05, 4.69) is 9.88 Å². The Labute approximate surface area is 191 Å². The summed E-state index contributed by atoms with van der Waals surface area (Å²) >= 11 is 0. The van der Waals surface area contributed by atoms with E-state index in [1.165, 1.54) is 12.3 Å². The number of ketones is 1. The molecule has 1 aliphatic rings. The molecule has 1 N–H and O–H groups in total. The molecule has 0 aliphatic carbocycles. The Morgan fingerprint density at radius 3 is 2.45 bits per heavy atom. The fraction of sp³-hybridized carbons (Fsp3) is 0.391. The summed E-state index contributed by atoms with van der Waals surface area (Å²) < 4.78 is 24.5. The number of amides is 3. The van der Waals surface area contributed by atoms with Crippen molar-refractivity contribution >= 4 is 23.4 Å². The molecule has 0 unspecified atom stereocenters. The fourth-order valence-corrected chi connectivity index (χ4v) is 3.43. The number of anilines is 1. The van der Waals surface area contributed by atoms with Gasteiger partial charge in [0.1, 0.15) is 0 Å². The molecule has 0 spiro atoms. The molecule has 0 saturated carbocycles. The van der Waals surface area contributed by atoms with E-state index < -0.39 is 24.7 Å². The Kier molecular flexibility index (Phi) is 8.05. The van der Waals surface area contributed by atoms with Gasteiger partial charge in [0.15, 0.2) is 5.78 Å². The maximum atomic E-state index is 13.4. The van der Waals surface area contributed by atoms with Gasteiger partial charge in [-0.15, -0.1) is 0 Å². The number of alkyl halides is 2. The number of aryl methyl sites for hydroxylation is 1. The molecule has 0 bridgehead atoms. The van der Waals surface area contributed by atoms with Crippen molar-refractivity contribution in [3.63, 3.8) is 0 Å². The van der Waals surface area contributed by atoms with E-state index in [4.69, 9.17) is 0 Å². The van der Waals surface area contributed by atoms with Crippen molar-refractivity contribution in [2.45, 2.75) is 19.9 Å². The van der Waals surface area contributed by atoms with Crippen molar-refractivity contribution in [2.24, 2.45) is 0 Å². The maximum absolute atomic E-state index is 13.4. The standard InChI is InChI=1S/C23H27F2N5O3/c1-16-4-3-5-19(12-16)30(23(33)29-10-8-28(2)9-11-29)15-18-7-6-17(13-26-18)20(31)14-27-22(32)21(24)25/h3-7,12-13,21H,8-11,14-15H2,1-2H3,(H,27,32). The monoisotopic (exact) mass is 459 g/mol. The third-order valence-electron chi connectivity index (χ3n) is 5.41. The van der Waals surface area contributed by atoms with Gasteiger partial charge in [0, 0.05) is 43.6 Å². The second-order valence-corrected chi connectivity index (χ2v) is 7.98. The zero-order valence-electron chi connectivity index (χ0n) is 18.6. The van der Waals surface area contributed by atoms with Gasteiger partial charge >= 0.3 is 12.5 Å². The summed E-state index contributed by atoms with van der Waals surface area (Å²) in [6.45, 7) is 4.46.